The highest BCUT2D eigenvalue weighted by molar-refractivity contribution is 6.34. The van der Waals surface area contributed by atoms with Crippen molar-refractivity contribution < 1.29 is 54.9 Å². The molecule has 3 aromatic rings. The molecule has 0 aliphatic heterocycles. The molecular weight excluding hydrogens is 464 g/mol. The third-order valence-electron chi connectivity index (χ3n) is 5.70. The van der Waals surface area contributed by atoms with Gasteiger partial charge in [-0.2, -0.15) is 0 Å². The number of hydrogen-bond donors (Lipinski definition) is 7. The van der Waals surface area contributed by atoms with Crippen molar-refractivity contribution in [1.29, 1.82) is 0 Å². The number of carboxylic acids is 2. The molecule has 0 atom stereocenters. The molecule has 3 aromatic carbocycles. The van der Waals surface area contributed by atoms with Crippen LogP contribution in [-0.2, 0) is 6.42 Å². The monoisotopic (exact) mass is 480 g/mol. The lowest BCUT2D eigenvalue weighted by Gasteiger charge is -2.24. The maximum atomic E-state index is 13.4. The van der Waals surface area contributed by atoms with Crippen molar-refractivity contribution in [2.75, 3.05) is 6.61 Å². The van der Waals surface area contributed by atoms with Gasteiger partial charge >= 0.3 is 11.9 Å². The van der Waals surface area contributed by atoms with Crippen LogP contribution in [0.25, 0.3) is 11.1 Å². The number of phenols is 4. The van der Waals surface area contributed by atoms with Crippen molar-refractivity contribution in [3.63, 3.8) is 0 Å². The van der Waals surface area contributed by atoms with Gasteiger partial charge in [0.25, 0.3) is 0 Å². The molecule has 0 unspecified atom stereocenters. The molecule has 178 valence electrons. The molecule has 11 nitrogen and oxygen atoms in total. The smallest absolute Gasteiger partial charge is 0.340 e. The van der Waals surface area contributed by atoms with E-state index in [-0.39, 0.29) is 18.6 Å². The number of carbonyl (C=O) groups is 4. The van der Waals surface area contributed by atoms with Gasteiger partial charge in [0.15, 0.2) is 23.1 Å². The van der Waals surface area contributed by atoms with Crippen molar-refractivity contribution in [3.05, 3.63) is 69.3 Å². The second-order valence-corrected chi connectivity index (χ2v) is 7.68. The van der Waals surface area contributed by atoms with Gasteiger partial charge in [-0.25, -0.2) is 9.59 Å². The Labute approximate surface area is 195 Å². The molecule has 0 heterocycles. The number of fused-ring (bicyclic) bond motifs is 2. The molecule has 11 heteroatoms. The summed E-state index contributed by atoms with van der Waals surface area (Å²) in [5.41, 5.74) is -5.39. The Morgan fingerprint density at radius 3 is 1.91 bits per heavy atom. The lowest BCUT2D eigenvalue weighted by Crippen LogP contribution is -2.26. The van der Waals surface area contributed by atoms with Crippen LogP contribution in [0.15, 0.2) is 30.3 Å². The normalized spacial score (nSPS) is 12.3. The second kappa shape index (κ2) is 8.15. The van der Waals surface area contributed by atoms with Gasteiger partial charge in [0, 0.05) is 17.7 Å². The summed E-state index contributed by atoms with van der Waals surface area (Å²) in [7, 11) is 0. The summed E-state index contributed by atoms with van der Waals surface area (Å²) < 4.78 is 0. The first-order valence-corrected chi connectivity index (χ1v) is 9.98. The Hall–Kier alpha value is -4.90. The Morgan fingerprint density at radius 1 is 0.714 bits per heavy atom. The minimum Gasteiger partial charge on any atom is -0.507 e. The van der Waals surface area contributed by atoms with Crippen LogP contribution in [0.2, 0.25) is 0 Å². The summed E-state index contributed by atoms with van der Waals surface area (Å²) in [5, 5.41) is 70.5. The second-order valence-electron chi connectivity index (χ2n) is 7.68. The lowest BCUT2D eigenvalue weighted by molar-refractivity contribution is 0.0646. The Kier molecular flexibility index (Phi) is 5.42. The number of carbonyl (C=O) groups excluding carboxylic acids is 2. The number of aromatic carboxylic acids is 2. The van der Waals surface area contributed by atoms with Gasteiger partial charge in [0.1, 0.15) is 17.1 Å². The number of rotatable bonds is 5. The van der Waals surface area contributed by atoms with Crippen molar-refractivity contribution in [3.8, 4) is 34.1 Å². The molecule has 0 amide bonds. The highest BCUT2D eigenvalue weighted by Crippen LogP contribution is 2.51. The zero-order chi connectivity index (χ0) is 25.8. The van der Waals surface area contributed by atoms with Gasteiger partial charge in [-0.05, 0) is 23.6 Å². The Balaban J connectivity index is 2.09. The molecule has 0 fully saturated rings. The first kappa shape index (κ1) is 23.3. The molecule has 0 bridgehead atoms. The largest absolute Gasteiger partial charge is 0.507 e. The fourth-order valence-electron chi connectivity index (χ4n) is 4.21. The van der Waals surface area contributed by atoms with Gasteiger partial charge in [-0.3, -0.25) is 9.59 Å². The minimum atomic E-state index is -1.93. The summed E-state index contributed by atoms with van der Waals surface area (Å²) in [6.45, 7) is -0.211. The predicted molar refractivity (Wildman–Crippen MR) is 117 cm³/mol. The molecule has 0 spiro atoms. The number of carboxylic acid groups (broad SMARTS) is 2. The fourth-order valence-corrected chi connectivity index (χ4v) is 4.21. The topological polar surface area (TPSA) is 210 Å². The maximum Gasteiger partial charge on any atom is 0.340 e. The van der Waals surface area contributed by atoms with E-state index in [4.69, 9.17) is 0 Å². The SMILES string of the molecule is O=C(O)c1c(O)cc2c(c1C(=O)O)C(=O)c1c(O)c(-c3cccc(CCO)c3)c(O)c(O)c1C2=O. The number of phenolic OH excluding ortho intramolecular Hbond substituents is 3. The predicted octanol–water partition coefficient (Wildman–Crippen LogP) is 1.88. The molecule has 0 saturated carbocycles. The van der Waals surface area contributed by atoms with E-state index in [2.05, 4.69) is 0 Å². The molecule has 35 heavy (non-hydrogen) atoms. The average molecular weight is 480 g/mol. The lowest BCUT2D eigenvalue weighted by atomic mass is 9.77. The zero-order valence-corrected chi connectivity index (χ0v) is 17.6. The molecule has 0 saturated heterocycles. The first-order valence-electron chi connectivity index (χ1n) is 9.98. The molecule has 0 radical (unpaired) electrons. The van der Waals surface area contributed by atoms with E-state index in [0.29, 0.717) is 11.6 Å². The number of ketones is 2. The zero-order valence-electron chi connectivity index (χ0n) is 17.6. The molecule has 7 N–H and O–H groups in total. The van der Waals surface area contributed by atoms with Crippen molar-refractivity contribution in [2.24, 2.45) is 0 Å². The Morgan fingerprint density at radius 2 is 1.31 bits per heavy atom. The van der Waals surface area contributed by atoms with Crippen LogP contribution in [-0.4, -0.2) is 65.9 Å². The summed E-state index contributed by atoms with van der Waals surface area (Å²) in [4.78, 5) is 50.1. The van der Waals surface area contributed by atoms with E-state index in [1.54, 1.807) is 6.07 Å². The van der Waals surface area contributed by atoms with E-state index < -0.39 is 85.4 Å². The van der Waals surface area contributed by atoms with Gasteiger partial charge in [0.05, 0.1) is 22.3 Å². The van der Waals surface area contributed by atoms with Crippen LogP contribution in [0.5, 0.6) is 23.0 Å². The molecule has 1 aliphatic carbocycles. The van der Waals surface area contributed by atoms with Crippen LogP contribution in [0.4, 0.5) is 0 Å². The quantitative estimate of drug-likeness (QED) is 0.162. The number of hydrogen-bond acceptors (Lipinski definition) is 9. The van der Waals surface area contributed by atoms with E-state index in [0.717, 1.165) is 0 Å². The summed E-state index contributed by atoms with van der Waals surface area (Å²) >= 11 is 0. The third kappa shape index (κ3) is 3.33. The highest BCUT2D eigenvalue weighted by atomic mass is 16.4. The molecular formula is C24H16O11. The van der Waals surface area contributed by atoms with Gasteiger partial charge in [0.2, 0.25) is 0 Å². The molecule has 0 aromatic heterocycles. The van der Waals surface area contributed by atoms with Crippen molar-refractivity contribution in [2.45, 2.75) is 6.42 Å². The summed E-state index contributed by atoms with van der Waals surface area (Å²) in [6.07, 6.45) is 0.209. The van der Waals surface area contributed by atoms with Gasteiger partial charge in [-0.15, -0.1) is 0 Å². The van der Waals surface area contributed by atoms with E-state index in [9.17, 15) is 54.9 Å². The van der Waals surface area contributed by atoms with Gasteiger partial charge in [-0.1, -0.05) is 24.3 Å². The standard InChI is InChI=1S/C24H16O11/c25-5-4-8-2-1-3-9(6-8)12-19(28)17-16(22(31)21(12)30)18(27)10-7-11(26)14(23(32)33)15(24(34)35)13(10)20(17)29/h1-3,6-7,25-26,28,30-31H,4-5H2,(H,32,33)(H,34,35). The summed E-state index contributed by atoms with van der Waals surface area (Å²) in [5.74, 6) is -10.4. The van der Waals surface area contributed by atoms with E-state index in [1.165, 1.54) is 18.2 Å². The average Bonchev–Trinajstić information content (AvgIpc) is 2.79. The van der Waals surface area contributed by atoms with E-state index in [1.807, 2.05) is 0 Å². The van der Waals surface area contributed by atoms with Crippen molar-refractivity contribution >= 4 is 23.5 Å². The van der Waals surface area contributed by atoms with Crippen LogP contribution in [0, 0.1) is 0 Å². The van der Waals surface area contributed by atoms with Crippen LogP contribution in [0.3, 0.4) is 0 Å². The number of aliphatic hydroxyl groups is 1. The van der Waals surface area contributed by atoms with Crippen molar-refractivity contribution in [1.82, 2.24) is 0 Å². The number of aromatic hydroxyl groups is 4. The molecule has 1 aliphatic rings. The first-order chi connectivity index (χ1) is 16.5. The third-order valence-corrected chi connectivity index (χ3v) is 5.70. The Bertz CT molecular complexity index is 1480. The van der Waals surface area contributed by atoms with E-state index >= 15 is 0 Å². The number of benzene rings is 3. The van der Waals surface area contributed by atoms with Crippen LogP contribution >= 0.6 is 0 Å². The summed E-state index contributed by atoms with van der Waals surface area (Å²) in [6, 6.07) is 6.59. The number of aliphatic hydroxyl groups excluding tert-OH is 1. The molecule has 4 rings (SSSR count). The highest BCUT2D eigenvalue weighted by Gasteiger charge is 2.42. The van der Waals surface area contributed by atoms with Crippen LogP contribution < -0.4 is 0 Å². The van der Waals surface area contributed by atoms with Crippen LogP contribution in [0.1, 0.15) is 58.1 Å². The maximum absolute atomic E-state index is 13.4. The van der Waals surface area contributed by atoms with Gasteiger partial charge < -0.3 is 35.7 Å². The fraction of sp³-hybridized carbons (Fsp3) is 0.0833. The minimum absolute atomic E-state index is 0.102.